The topological polar surface area (TPSA) is 116 Å². The molecule has 2 aromatic rings. The van der Waals surface area contributed by atoms with Gasteiger partial charge >= 0.3 is 0 Å². The quantitative estimate of drug-likeness (QED) is 0.769. The number of carbonyl (C=O) groups is 1. The van der Waals surface area contributed by atoms with Crippen LogP contribution in [0, 0.1) is 5.92 Å². The molecule has 1 fully saturated rings. The normalized spacial score (nSPS) is 20.5. The Hall–Kier alpha value is -2.42. The van der Waals surface area contributed by atoms with Crippen LogP contribution in [0.5, 0.6) is 5.75 Å². The molecule has 0 spiro atoms. The van der Waals surface area contributed by atoms with Gasteiger partial charge in [0.05, 0.1) is 17.6 Å². The second-order valence-corrected chi connectivity index (χ2v) is 8.50. The SMILES string of the molecule is COc1ccc(S(=O)(=O)N2C[C@@H](CN)[C@H](c3ccccc3)C2)cc1C(N)=O. The van der Waals surface area contributed by atoms with Gasteiger partial charge in [0.1, 0.15) is 5.75 Å². The van der Waals surface area contributed by atoms with Gasteiger partial charge in [0.25, 0.3) is 5.91 Å². The molecule has 0 saturated carbocycles. The minimum Gasteiger partial charge on any atom is -0.496 e. The maximum Gasteiger partial charge on any atom is 0.252 e. The largest absolute Gasteiger partial charge is 0.496 e. The van der Waals surface area contributed by atoms with Gasteiger partial charge in [-0.25, -0.2) is 8.42 Å². The van der Waals surface area contributed by atoms with Crippen molar-refractivity contribution >= 4 is 15.9 Å². The summed E-state index contributed by atoms with van der Waals surface area (Å²) in [6, 6.07) is 13.9. The van der Waals surface area contributed by atoms with E-state index in [4.69, 9.17) is 16.2 Å². The third-order valence-corrected chi connectivity index (χ3v) is 6.84. The Morgan fingerprint density at radius 3 is 2.48 bits per heavy atom. The molecule has 0 aromatic heterocycles. The van der Waals surface area contributed by atoms with E-state index >= 15 is 0 Å². The molecule has 1 saturated heterocycles. The number of ether oxygens (including phenoxy) is 1. The number of rotatable bonds is 6. The molecule has 27 heavy (non-hydrogen) atoms. The molecule has 1 aliphatic rings. The van der Waals surface area contributed by atoms with Crippen LogP contribution in [-0.2, 0) is 10.0 Å². The van der Waals surface area contributed by atoms with Crippen molar-refractivity contribution in [3.05, 3.63) is 59.7 Å². The van der Waals surface area contributed by atoms with Crippen LogP contribution in [0.2, 0.25) is 0 Å². The zero-order valence-electron chi connectivity index (χ0n) is 15.0. The minimum atomic E-state index is -3.79. The molecule has 0 unspecified atom stereocenters. The van der Waals surface area contributed by atoms with Crippen molar-refractivity contribution < 1.29 is 17.9 Å². The van der Waals surface area contributed by atoms with Crippen molar-refractivity contribution in [2.24, 2.45) is 17.4 Å². The summed E-state index contributed by atoms with van der Waals surface area (Å²) in [7, 11) is -2.39. The van der Waals surface area contributed by atoms with Gasteiger partial charge < -0.3 is 16.2 Å². The Labute approximate surface area is 159 Å². The Balaban J connectivity index is 1.94. The van der Waals surface area contributed by atoms with Gasteiger partial charge in [-0.05, 0) is 36.2 Å². The van der Waals surface area contributed by atoms with Gasteiger partial charge in [0.15, 0.2) is 0 Å². The number of benzene rings is 2. The highest BCUT2D eigenvalue weighted by atomic mass is 32.2. The van der Waals surface area contributed by atoms with Gasteiger partial charge in [-0.15, -0.1) is 0 Å². The van der Waals surface area contributed by atoms with E-state index in [2.05, 4.69) is 0 Å². The Morgan fingerprint density at radius 1 is 1.19 bits per heavy atom. The van der Waals surface area contributed by atoms with Gasteiger partial charge in [0, 0.05) is 19.0 Å². The van der Waals surface area contributed by atoms with Gasteiger partial charge in [-0.1, -0.05) is 30.3 Å². The second kappa shape index (κ2) is 7.67. The van der Waals surface area contributed by atoms with E-state index in [1.807, 2.05) is 30.3 Å². The van der Waals surface area contributed by atoms with Gasteiger partial charge in [-0.2, -0.15) is 4.31 Å². The highest BCUT2D eigenvalue weighted by Gasteiger charge is 2.39. The molecule has 0 radical (unpaired) electrons. The summed E-state index contributed by atoms with van der Waals surface area (Å²) in [6.07, 6.45) is 0. The van der Waals surface area contributed by atoms with Crippen LogP contribution >= 0.6 is 0 Å². The summed E-state index contributed by atoms with van der Waals surface area (Å²) in [5, 5.41) is 0. The number of carbonyl (C=O) groups excluding carboxylic acids is 1. The van der Waals surface area contributed by atoms with E-state index in [1.54, 1.807) is 0 Å². The van der Waals surface area contributed by atoms with E-state index in [9.17, 15) is 13.2 Å². The summed E-state index contributed by atoms with van der Waals surface area (Å²) >= 11 is 0. The predicted octanol–water partition coefficient (Wildman–Crippen LogP) is 1.16. The van der Waals surface area contributed by atoms with Crippen LogP contribution in [-0.4, -0.2) is 45.4 Å². The van der Waals surface area contributed by atoms with E-state index in [0.29, 0.717) is 19.6 Å². The first kappa shape index (κ1) is 19.3. The molecule has 0 aliphatic carbocycles. The average molecular weight is 389 g/mol. The molecule has 1 amide bonds. The van der Waals surface area contributed by atoms with Crippen LogP contribution in [0.15, 0.2) is 53.4 Å². The highest BCUT2D eigenvalue weighted by molar-refractivity contribution is 7.89. The van der Waals surface area contributed by atoms with Crippen LogP contribution in [0.1, 0.15) is 21.8 Å². The number of amides is 1. The van der Waals surface area contributed by atoms with Crippen molar-refractivity contribution in [3.63, 3.8) is 0 Å². The summed E-state index contributed by atoms with van der Waals surface area (Å²) in [4.78, 5) is 11.6. The summed E-state index contributed by atoms with van der Waals surface area (Å²) < 4.78 is 32.8. The van der Waals surface area contributed by atoms with E-state index in [0.717, 1.165) is 5.56 Å². The van der Waals surface area contributed by atoms with Crippen molar-refractivity contribution in [2.75, 3.05) is 26.7 Å². The lowest BCUT2D eigenvalue weighted by atomic mass is 9.89. The van der Waals surface area contributed by atoms with Crippen molar-refractivity contribution in [1.29, 1.82) is 0 Å². The first-order valence-corrected chi connectivity index (χ1v) is 10.1. The van der Waals surface area contributed by atoms with Gasteiger partial charge in [-0.3, -0.25) is 4.79 Å². The third kappa shape index (κ3) is 3.69. The van der Waals surface area contributed by atoms with Crippen molar-refractivity contribution in [2.45, 2.75) is 10.8 Å². The predicted molar refractivity (Wildman–Crippen MR) is 102 cm³/mol. The number of nitrogens with two attached hydrogens (primary N) is 2. The number of nitrogens with zero attached hydrogens (tertiary/aromatic N) is 1. The Morgan fingerprint density at radius 2 is 1.89 bits per heavy atom. The number of hydrogen-bond donors (Lipinski definition) is 2. The molecule has 7 nitrogen and oxygen atoms in total. The standard InChI is InChI=1S/C19H23N3O4S/c1-26-18-8-7-15(9-16(18)19(21)23)27(24,25)22-11-14(10-20)17(12-22)13-5-3-2-4-6-13/h2-9,14,17H,10-12,20H2,1H3,(H2,21,23)/t14-,17+/m1/s1. The van der Waals surface area contributed by atoms with Crippen LogP contribution in [0.3, 0.4) is 0 Å². The number of methoxy groups -OCH3 is 1. The molecule has 2 aromatic carbocycles. The number of primary amides is 1. The fraction of sp³-hybridized carbons (Fsp3) is 0.316. The Bertz CT molecular complexity index is 931. The fourth-order valence-electron chi connectivity index (χ4n) is 3.53. The lowest BCUT2D eigenvalue weighted by molar-refractivity contribution is 0.0997. The van der Waals surface area contributed by atoms with E-state index in [-0.39, 0.29) is 28.0 Å². The zero-order valence-corrected chi connectivity index (χ0v) is 15.9. The Kier molecular flexibility index (Phi) is 5.50. The molecule has 4 N–H and O–H groups in total. The zero-order chi connectivity index (χ0) is 19.6. The number of sulfonamides is 1. The van der Waals surface area contributed by atoms with Crippen LogP contribution in [0.4, 0.5) is 0 Å². The minimum absolute atomic E-state index is 0.0154. The highest BCUT2D eigenvalue weighted by Crippen LogP contribution is 2.35. The van der Waals surface area contributed by atoms with Crippen LogP contribution < -0.4 is 16.2 Å². The lowest BCUT2D eigenvalue weighted by Crippen LogP contribution is -2.30. The molecule has 2 atom stereocenters. The molecule has 0 bridgehead atoms. The first-order valence-electron chi connectivity index (χ1n) is 8.61. The third-order valence-electron chi connectivity index (χ3n) is 5.01. The smallest absolute Gasteiger partial charge is 0.252 e. The monoisotopic (exact) mass is 389 g/mol. The molecule has 8 heteroatoms. The maximum atomic E-state index is 13.1. The maximum absolute atomic E-state index is 13.1. The summed E-state index contributed by atoms with van der Waals surface area (Å²) in [6.45, 7) is 1.06. The van der Waals surface area contributed by atoms with Crippen molar-refractivity contribution in [1.82, 2.24) is 4.31 Å². The van der Waals surface area contributed by atoms with E-state index < -0.39 is 15.9 Å². The average Bonchev–Trinajstić information content (AvgIpc) is 3.13. The fourth-order valence-corrected chi connectivity index (χ4v) is 5.08. The molecule has 3 rings (SSSR count). The van der Waals surface area contributed by atoms with E-state index in [1.165, 1.54) is 29.6 Å². The van der Waals surface area contributed by atoms with Gasteiger partial charge in [0.2, 0.25) is 10.0 Å². The first-order chi connectivity index (χ1) is 12.9. The second-order valence-electron chi connectivity index (χ2n) is 6.56. The summed E-state index contributed by atoms with van der Waals surface area (Å²) in [5.74, 6) is -0.451. The molecular formula is C19H23N3O4S. The molecule has 144 valence electrons. The summed E-state index contributed by atoms with van der Waals surface area (Å²) in [5.41, 5.74) is 12.4. The number of hydrogen-bond acceptors (Lipinski definition) is 5. The van der Waals surface area contributed by atoms with Crippen LogP contribution in [0.25, 0.3) is 0 Å². The lowest BCUT2D eigenvalue weighted by Gasteiger charge is -2.18. The molecular weight excluding hydrogens is 366 g/mol. The van der Waals surface area contributed by atoms with Crippen molar-refractivity contribution in [3.8, 4) is 5.75 Å². The molecule has 1 aliphatic heterocycles. The molecule has 1 heterocycles.